The van der Waals surface area contributed by atoms with Crippen molar-refractivity contribution < 1.29 is 9.90 Å². The van der Waals surface area contributed by atoms with Crippen LogP contribution < -0.4 is 5.32 Å². The highest BCUT2D eigenvalue weighted by Gasteiger charge is 2.12. The molecule has 0 aromatic heterocycles. The molecule has 0 bridgehead atoms. The van der Waals surface area contributed by atoms with Gasteiger partial charge in [0.05, 0.1) is 0 Å². The minimum atomic E-state index is -0.0898. The lowest BCUT2D eigenvalue weighted by atomic mass is 10.0. The molecule has 0 aliphatic heterocycles. The molecule has 1 atom stereocenters. The van der Waals surface area contributed by atoms with Crippen LogP contribution >= 0.6 is 0 Å². The molecule has 110 valence electrons. The molecule has 2 aromatic carbocycles. The van der Waals surface area contributed by atoms with E-state index in [1.165, 1.54) is 11.6 Å². The molecule has 0 fully saturated rings. The van der Waals surface area contributed by atoms with Gasteiger partial charge in [0.1, 0.15) is 5.75 Å². The van der Waals surface area contributed by atoms with Crippen molar-refractivity contribution in [2.45, 2.75) is 32.7 Å². The number of aryl methyl sites for hydroxylation is 2. The molecular formula is C18H21NO2. The second kappa shape index (κ2) is 6.93. The molecule has 2 N–H and O–H groups in total. The fraction of sp³-hybridized carbons (Fsp3) is 0.278. The Labute approximate surface area is 125 Å². The first-order chi connectivity index (χ1) is 10.1. The molecule has 21 heavy (non-hydrogen) atoms. The molecule has 0 saturated heterocycles. The number of benzene rings is 2. The molecule has 0 aliphatic rings. The van der Waals surface area contributed by atoms with Gasteiger partial charge in [0, 0.05) is 11.6 Å². The van der Waals surface area contributed by atoms with Crippen LogP contribution in [0.5, 0.6) is 5.75 Å². The molecule has 2 rings (SSSR count). The van der Waals surface area contributed by atoms with Crippen molar-refractivity contribution in [3.05, 3.63) is 65.2 Å². The zero-order valence-electron chi connectivity index (χ0n) is 12.5. The predicted octanol–water partition coefficient (Wildman–Crippen LogP) is 3.45. The first kappa shape index (κ1) is 15.1. The number of rotatable bonds is 5. The number of amides is 1. The van der Waals surface area contributed by atoms with Crippen LogP contribution in [0.3, 0.4) is 0 Å². The standard InChI is InChI=1S/C18H21NO2/c1-13-12-16(20)10-11-17(13)18(21)19-14(2)8-9-15-6-4-3-5-7-15/h3-7,10-12,14,20H,8-9H2,1-2H3,(H,19,21). The molecule has 0 spiro atoms. The van der Waals surface area contributed by atoms with Gasteiger partial charge < -0.3 is 10.4 Å². The summed E-state index contributed by atoms with van der Waals surface area (Å²) in [7, 11) is 0. The summed E-state index contributed by atoms with van der Waals surface area (Å²) >= 11 is 0. The van der Waals surface area contributed by atoms with Crippen LogP contribution in [-0.2, 0) is 6.42 Å². The Balaban J connectivity index is 1.90. The maximum atomic E-state index is 12.2. The number of carbonyl (C=O) groups excluding carboxylic acids is 1. The third-order valence-corrected chi connectivity index (χ3v) is 3.54. The lowest BCUT2D eigenvalue weighted by Gasteiger charge is -2.15. The average molecular weight is 283 g/mol. The fourth-order valence-corrected chi connectivity index (χ4v) is 2.30. The van der Waals surface area contributed by atoms with Crippen LogP contribution in [0.1, 0.15) is 34.8 Å². The van der Waals surface area contributed by atoms with E-state index in [0.717, 1.165) is 18.4 Å². The van der Waals surface area contributed by atoms with Crippen molar-refractivity contribution in [3.8, 4) is 5.75 Å². The lowest BCUT2D eigenvalue weighted by molar-refractivity contribution is 0.0938. The van der Waals surface area contributed by atoms with Gasteiger partial charge in [0.15, 0.2) is 0 Å². The SMILES string of the molecule is Cc1cc(O)ccc1C(=O)NC(C)CCc1ccccc1. The first-order valence-corrected chi connectivity index (χ1v) is 7.20. The molecule has 1 unspecified atom stereocenters. The van der Waals surface area contributed by atoms with E-state index in [2.05, 4.69) is 17.4 Å². The van der Waals surface area contributed by atoms with Gasteiger partial charge in [-0.3, -0.25) is 4.79 Å². The van der Waals surface area contributed by atoms with Crippen LogP contribution in [0.25, 0.3) is 0 Å². The van der Waals surface area contributed by atoms with Crippen LogP contribution in [-0.4, -0.2) is 17.1 Å². The van der Waals surface area contributed by atoms with Gasteiger partial charge in [-0.25, -0.2) is 0 Å². The van der Waals surface area contributed by atoms with Crippen molar-refractivity contribution in [3.63, 3.8) is 0 Å². The van der Waals surface area contributed by atoms with Crippen molar-refractivity contribution in [1.29, 1.82) is 0 Å². The molecule has 1 amide bonds. The lowest BCUT2D eigenvalue weighted by Crippen LogP contribution is -2.33. The van der Waals surface area contributed by atoms with Gasteiger partial charge in [0.25, 0.3) is 5.91 Å². The van der Waals surface area contributed by atoms with E-state index in [-0.39, 0.29) is 17.7 Å². The summed E-state index contributed by atoms with van der Waals surface area (Å²) in [6.07, 6.45) is 1.84. The van der Waals surface area contributed by atoms with Gasteiger partial charge in [-0.1, -0.05) is 30.3 Å². The van der Waals surface area contributed by atoms with Gasteiger partial charge in [-0.15, -0.1) is 0 Å². The van der Waals surface area contributed by atoms with Crippen molar-refractivity contribution in [1.82, 2.24) is 5.32 Å². The van der Waals surface area contributed by atoms with Gasteiger partial charge in [-0.2, -0.15) is 0 Å². The van der Waals surface area contributed by atoms with E-state index in [4.69, 9.17) is 0 Å². The molecule has 0 radical (unpaired) electrons. The molecular weight excluding hydrogens is 262 g/mol. The van der Waals surface area contributed by atoms with E-state index in [1.807, 2.05) is 32.0 Å². The number of carbonyl (C=O) groups is 1. The fourth-order valence-electron chi connectivity index (χ4n) is 2.30. The average Bonchev–Trinajstić information content (AvgIpc) is 2.46. The highest BCUT2D eigenvalue weighted by Crippen LogP contribution is 2.16. The van der Waals surface area contributed by atoms with Crippen molar-refractivity contribution in [2.75, 3.05) is 0 Å². The Hall–Kier alpha value is -2.29. The summed E-state index contributed by atoms with van der Waals surface area (Å²) in [6, 6.07) is 15.1. The highest BCUT2D eigenvalue weighted by atomic mass is 16.3. The smallest absolute Gasteiger partial charge is 0.251 e. The highest BCUT2D eigenvalue weighted by molar-refractivity contribution is 5.95. The predicted molar refractivity (Wildman–Crippen MR) is 84.5 cm³/mol. The molecule has 3 heteroatoms. The summed E-state index contributed by atoms with van der Waals surface area (Å²) in [4.78, 5) is 12.2. The number of hydrogen-bond donors (Lipinski definition) is 2. The van der Waals surface area contributed by atoms with E-state index >= 15 is 0 Å². The van der Waals surface area contributed by atoms with Crippen LogP contribution in [0.4, 0.5) is 0 Å². The van der Waals surface area contributed by atoms with E-state index in [1.54, 1.807) is 12.1 Å². The Bertz CT molecular complexity index is 608. The molecule has 0 saturated carbocycles. The van der Waals surface area contributed by atoms with E-state index in [9.17, 15) is 9.90 Å². The second-order valence-corrected chi connectivity index (χ2v) is 5.40. The van der Waals surface area contributed by atoms with Crippen LogP contribution in [0.15, 0.2) is 48.5 Å². The molecule has 2 aromatic rings. The zero-order chi connectivity index (χ0) is 15.2. The quantitative estimate of drug-likeness (QED) is 0.883. The normalized spacial score (nSPS) is 11.9. The monoisotopic (exact) mass is 283 g/mol. The Kier molecular flexibility index (Phi) is 4.99. The minimum Gasteiger partial charge on any atom is -0.508 e. The second-order valence-electron chi connectivity index (χ2n) is 5.40. The summed E-state index contributed by atoms with van der Waals surface area (Å²) in [5.74, 6) is 0.0919. The summed E-state index contributed by atoms with van der Waals surface area (Å²) in [5, 5.41) is 12.4. The van der Waals surface area contributed by atoms with Crippen LogP contribution in [0.2, 0.25) is 0 Å². The number of phenols is 1. The van der Waals surface area contributed by atoms with E-state index in [0.29, 0.717) is 5.56 Å². The van der Waals surface area contributed by atoms with Gasteiger partial charge in [0.2, 0.25) is 0 Å². The third-order valence-electron chi connectivity index (χ3n) is 3.54. The first-order valence-electron chi connectivity index (χ1n) is 7.20. The zero-order valence-corrected chi connectivity index (χ0v) is 12.5. The molecule has 0 aliphatic carbocycles. The van der Waals surface area contributed by atoms with E-state index < -0.39 is 0 Å². The van der Waals surface area contributed by atoms with Gasteiger partial charge >= 0.3 is 0 Å². The maximum Gasteiger partial charge on any atom is 0.251 e. The summed E-state index contributed by atoms with van der Waals surface area (Å²) in [6.45, 7) is 3.83. The molecule has 3 nitrogen and oxygen atoms in total. The summed E-state index contributed by atoms with van der Waals surface area (Å²) in [5.41, 5.74) is 2.67. The Morgan fingerprint density at radius 2 is 1.90 bits per heavy atom. The van der Waals surface area contributed by atoms with Crippen LogP contribution in [0, 0.1) is 6.92 Å². The van der Waals surface area contributed by atoms with Crippen molar-refractivity contribution >= 4 is 5.91 Å². The maximum absolute atomic E-state index is 12.2. The third kappa shape index (κ3) is 4.35. The Morgan fingerprint density at radius 1 is 1.19 bits per heavy atom. The van der Waals surface area contributed by atoms with Gasteiger partial charge in [-0.05, 0) is 56.0 Å². The van der Waals surface area contributed by atoms with Crippen molar-refractivity contribution in [2.24, 2.45) is 0 Å². The number of hydrogen-bond acceptors (Lipinski definition) is 2. The largest absolute Gasteiger partial charge is 0.508 e. The summed E-state index contributed by atoms with van der Waals surface area (Å²) < 4.78 is 0. The Morgan fingerprint density at radius 3 is 2.57 bits per heavy atom. The molecule has 0 heterocycles. The number of nitrogens with one attached hydrogen (secondary N) is 1. The minimum absolute atomic E-state index is 0.0898. The number of phenolic OH excluding ortho intramolecular Hbond substituents is 1. The number of aromatic hydroxyl groups is 1. The topological polar surface area (TPSA) is 49.3 Å².